The predicted octanol–water partition coefficient (Wildman–Crippen LogP) is 3.49. The fourth-order valence-electron chi connectivity index (χ4n) is 6.13. The van der Waals surface area contributed by atoms with Crippen LogP contribution in [-0.2, 0) is 13.0 Å². The minimum absolute atomic E-state index is 0.191. The summed E-state index contributed by atoms with van der Waals surface area (Å²) in [6.07, 6.45) is 9.69. The molecule has 1 spiro atoms. The smallest absolute Gasteiger partial charge is 0.274 e. The third-order valence-electron chi connectivity index (χ3n) is 8.11. The second-order valence-electron chi connectivity index (χ2n) is 9.80. The standard InChI is InChI=1S/C23H32FN3O2/c1-2-17-11-20-16(9-15(10-21(20)24)22(28)25-29)14-27(17)19-12-23(13-19)5-7-26(8-6-23)18-3-4-18/h9-10,17-19,29H,2-8,11-14H2,1H3,(H,25,28)/t17-/m1/s1. The molecule has 2 aliphatic carbocycles. The summed E-state index contributed by atoms with van der Waals surface area (Å²) < 4.78 is 14.7. The molecule has 1 atom stereocenters. The molecule has 5 rings (SSSR count). The van der Waals surface area contributed by atoms with E-state index in [1.165, 1.54) is 57.7 Å². The van der Waals surface area contributed by atoms with E-state index in [1.807, 2.05) is 0 Å². The Balaban J connectivity index is 1.29. The van der Waals surface area contributed by atoms with Gasteiger partial charge in [-0.25, -0.2) is 9.87 Å². The summed E-state index contributed by atoms with van der Waals surface area (Å²) in [7, 11) is 0. The first kappa shape index (κ1) is 19.5. The zero-order chi connectivity index (χ0) is 20.2. The zero-order valence-corrected chi connectivity index (χ0v) is 17.3. The number of hydrogen-bond acceptors (Lipinski definition) is 4. The molecule has 29 heavy (non-hydrogen) atoms. The molecule has 1 aromatic carbocycles. The van der Waals surface area contributed by atoms with Crippen molar-refractivity contribution in [2.75, 3.05) is 13.1 Å². The molecule has 4 aliphatic rings. The molecule has 1 saturated heterocycles. The molecule has 6 heteroatoms. The third kappa shape index (κ3) is 3.49. The Labute approximate surface area is 172 Å². The fourth-order valence-corrected chi connectivity index (χ4v) is 6.13. The average Bonchev–Trinajstić information content (AvgIpc) is 3.56. The largest absolute Gasteiger partial charge is 0.300 e. The van der Waals surface area contributed by atoms with Crippen LogP contribution in [0.4, 0.5) is 4.39 Å². The first-order valence-electron chi connectivity index (χ1n) is 11.3. The number of benzene rings is 1. The first-order valence-corrected chi connectivity index (χ1v) is 11.3. The van der Waals surface area contributed by atoms with E-state index in [1.54, 1.807) is 11.5 Å². The van der Waals surface area contributed by atoms with Crippen LogP contribution in [0.5, 0.6) is 0 Å². The normalized spacial score (nSPS) is 27.5. The van der Waals surface area contributed by atoms with E-state index in [0.717, 1.165) is 23.6 Å². The predicted molar refractivity (Wildman–Crippen MR) is 108 cm³/mol. The Kier molecular flexibility index (Phi) is 4.92. The summed E-state index contributed by atoms with van der Waals surface area (Å²) in [5, 5.41) is 8.91. The molecule has 158 valence electrons. The number of rotatable bonds is 4. The van der Waals surface area contributed by atoms with Gasteiger partial charge in [0.05, 0.1) is 0 Å². The number of halogens is 1. The van der Waals surface area contributed by atoms with E-state index in [4.69, 9.17) is 5.21 Å². The van der Waals surface area contributed by atoms with Crippen molar-refractivity contribution in [1.29, 1.82) is 0 Å². The lowest BCUT2D eigenvalue weighted by Gasteiger charge is -2.57. The summed E-state index contributed by atoms with van der Waals surface area (Å²) >= 11 is 0. The second kappa shape index (κ2) is 7.33. The van der Waals surface area contributed by atoms with Gasteiger partial charge in [-0.3, -0.25) is 14.9 Å². The molecular formula is C23H32FN3O2. The lowest BCUT2D eigenvalue weighted by atomic mass is 9.59. The maximum absolute atomic E-state index is 14.7. The van der Waals surface area contributed by atoms with Gasteiger partial charge < -0.3 is 4.90 Å². The van der Waals surface area contributed by atoms with Crippen molar-refractivity contribution in [2.45, 2.75) is 83.0 Å². The Morgan fingerprint density at radius 1 is 1.24 bits per heavy atom. The highest BCUT2D eigenvalue weighted by atomic mass is 19.1. The molecule has 0 unspecified atom stereocenters. The van der Waals surface area contributed by atoms with Gasteiger partial charge in [-0.15, -0.1) is 0 Å². The number of carbonyl (C=O) groups excluding carboxylic acids is 1. The lowest BCUT2D eigenvalue weighted by molar-refractivity contribution is -0.0649. The van der Waals surface area contributed by atoms with E-state index in [2.05, 4.69) is 16.7 Å². The Morgan fingerprint density at radius 2 is 1.97 bits per heavy atom. The maximum Gasteiger partial charge on any atom is 0.274 e. The minimum Gasteiger partial charge on any atom is -0.300 e. The quantitative estimate of drug-likeness (QED) is 0.599. The number of likely N-dealkylation sites (tertiary alicyclic amines) is 1. The molecule has 0 radical (unpaired) electrons. The summed E-state index contributed by atoms with van der Waals surface area (Å²) in [5.41, 5.74) is 3.99. The number of fused-ring (bicyclic) bond motifs is 1. The van der Waals surface area contributed by atoms with Gasteiger partial charge in [0.25, 0.3) is 5.91 Å². The van der Waals surface area contributed by atoms with Gasteiger partial charge in [-0.2, -0.15) is 0 Å². The van der Waals surface area contributed by atoms with Crippen LogP contribution < -0.4 is 5.48 Å². The topological polar surface area (TPSA) is 55.8 Å². The number of hydroxylamine groups is 1. The highest BCUT2D eigenvalue weighted by Gasteiger charge is 2.50. The van der Waals surface area contributed by atoms with Crippen LogP contribution in [0, 0.1) is 11.2 Å². The molecular weight excluding hydrogens is 369 g/mol. The summed E-state index contributed by atoms with van der Waals surface area (Å²) in [6.45, 7) is 5.42. The van der Waals surface area contributed by atoms with Crippen LogP contribution in [0.25, 0.3) is 0 Å². The average molecular weight is 402 g/mol. The van der Waals surface area contributed by atoms with Gasteiger partial charge >= 0.3 is 0 Å². The van der Waals surface area contributed by atoms with Crippen molar-refractivity contribution in [1.82, 2.24) is 15.3 Å². The highest BCUT2D eigenvalue weighted by Crippen LogP contribution is 2.53. The van der Waals surface area contributed by atoms with E-state index < -0.39 is 5.91 Å². The Hall–Kier alpha value is -1.50. The Morgan fingerprint density at radius 3 is 2.59 bits per heavy atom. The maximum atomic E-state index is 14.7. The van der Waals surface area contributed by atoms with E-state index in [0.29, 0.717) is 30.5 Å². The molecule has 2 saturated carbocycles. The van der Waals surface area contributed by atoms with E-state index in [-0.39, 0.29) is 11.4 Å². The van der Waals surface area contributed by atoms with Gasteiger partial charge in [0.2, 0.25) is 0 Å². The lowest BCUT2D eigenvalue weighted by Crippen LogP contribution is -2.58. The zero-order valence-electron chi connectivity index (χ0n) is 17.3. The molecule has 1 aromatic rings. The number of nitrogens with one attached hydrogen (secondary N) is 1. The second-order valence-corrected chi connectivity index (χ2v) is 9.80. The van der Waals surface area contributed by atoms with Crippen molar-refractivity contribution < 1.29 is 14.4 Å². The number of amides is 1. The number of nitrogens with zero attached hydrogens (tertiary/aromatic N) is 2. The van der Waals surface area contributed by atoms with Gasteiger partial charge in [-0.05, 0) is 93.1 Å². The van der Waals surface area contributed by atoms with Crippen LogP contribution in [0.1, 0.15) is 73.4 Å². The van der Waals surface area contributed by atoms with Crippen LogP contribution in [0.3, 0.4) is 0 Å². The SMILES string of the molecule is CC[C@@H]1Cc2c(F)cc(C(=O)NO)cc2CN1C1CC2(CCN(C3CC3)CC2)C1. The molecule has 0 bridgehead atoms. The van der Waals surface area contributed by atoms with Gasteiger partial charge in [-0.1, -0.05) is 6.92 Å². The van der Waals surface area contributed by atoms with E-state index >= 15 is 0 Å². The summed E-state index contributed by atoms with van der Waals surface area (Å²) in [5.74, 6) is -0.974. The molecule has 0 aromatic heterocycles. The van der Waals surface area contributed by atoms with Crippen LogP contribution >= 0.6 is 0 Å². The van der Waals surface area contributed by atoms with Crippen LogP contribution in [-0.4, -0.2) is 52.1 Å². The number of piperidine rings is 1. The minimum atomic E-state index is -0.652. The van der Waals surface area contributed by atoms with Crippen molar-refractivity contribution in [3.05, 3.63) is 34.6 Å². The van der Waals surface area contributed by atoms with Gasteiger partial charge in [0.1, 0.15) is 5.82 Å². The van der Waals surface area contributed by atoms with Crippen molar-refractivity contribution >= 4 is 5.91 Å². The molecule has 1 amide bonds. The van der Waals surface area contributed by atoms with E-state index in [9.17, 15) is 9.18 Å². The third-order valence-corrected chi connectivity index (χ3v) is 8.11. The van der Waals surface area contributed by atoms with Crippen molar-refractivity contribution in [3.8, 4) is 0 Å². The highest BCUT2D eigenvalue weighted by molar-refractivity contribution is 5.93. The molecule has 2 N–H and O–H groups in total. The van der Waals surface area contributed by atoms with Gasteiger partial charge in [0.15, 0.2) is 0 Å². The number of hydrogen-bond donors (Lipinski definition) is 2. The first-order chi connectivity index (χ1) is 14.0. The van der Waals surface area contributed by atoms with Crippen LogP contribution in [0.2, 0.25) is 0 Å². The molecule has 5 nitrogen and oxygen atoms in total. The summed E-state index contributed by atoms with van der Waals surface area (Å²) in [6, 6.07) is 4.82. The molecule has 3 fully saturated rings. The number of carbonyl (C=O) groups is 1. The monoisotopic (exact) mass is 401 g/mol. The van der Waals surface area contributed by atoms with Gasteiger partial charge in [0, 0.05) is 30.2 Å². The van der Waals surface area contributed by atoms with Crippen LogP contribution in [0.15, 0.2) is 12.1 Å². The summed E-state index contributed by atoms with van der Waals surface area (Å²) in [4.78, 5) is 17.1. The molecule has 2 heterocycles. The van der Waals surface area contributed by atoms with Crippen molar-refractivity contribution in [2.24, 2.45) is 5.41 Å². The fraction of sp³-hybridized carbons (Fsp3) is 0.696. The Bertz CT molecular complexity index is 794. The molecule has 2 aliphatic heterocycles. The van der Waals surface area contributed by atoms with Crippen molar-refractivity contribution in [3.63, 3.8) is 0 Å².